The molecule has 2 nitrogen and oxygen atoms in total. The molecule has 0 saturated heterocycles. The van der Waals surface area contributed by atoms with Crippen molar-refractivity contribution in [1.29, 1.82) is 0 Å². The molecule has 2 heterocycles. The normalized spacial score (nSPS) is 12.9. The number of benzene rings is 2. The maximum absolute atomic E-state index is 7.72. The molecule has 0 bridgehead atoms. The zero-order chi connectivity index (χ0) is 30.2. The Morgan fingerprint density at radius 1 is 0.676 bits per heavy atom. The van der Waals surface area contributed by atoms with Crippen molar-refractivity contribution in [1.82, 2.24) is 9.97 Å². The van der Waals surface area contributed by atoms with E-state index in [-0.39, 0.29) is 71.2 Å². The molecule has 0 amide bonds. The molecular weight excluding hydrogens is 661 g/mol. The fourth-order valence-corrected chi connectivity index (χ4v) is 7.28. The smallest absolute Gasteiger partial charge is 0.0799 e. The van der Waals surface area contributed by atoms with Gasteiger partial charge in [0.25, 0.3) is 0 Å². The second-order valence-corrected chi connectivity index (χ2v) is 20.6. The Labute approximate surface area is 250 Å². The summed E-state index contributed by atoms with van der Waals surface area (Å²) in [4.78, 5) is 8.96. The number of rotatable bonds is 4. The van der Waals surface area contributed by atoms with Gasteiger partial charge in [-0.05, 0) is 42.9 Å². The molecule has 37 heavy (non-hydrogen) atoms. The van der Waals surface area contributed by atoms with E-state index in [1.165, 1.54) is 21.5 Å². The molecule has 201 valence electrons. The summed E-state index contributed by atoms with van der Waals surface area (Å²) < 4.78 is 45.9. The first-order valence-corrected chi connectivity index (χ1v) is 18.4. The van der Waals surface area contributed by atoms with Gasteiger partial charge in [-0.1, -0.05) is 96.0 Å². The van der Waals surface area contributed by atoms with E-state index in [1.54, 1.807) is 18.2 Å². The van der Waals surface area contributed by atoms with E-state index in [2.05, 4.69) is 69.2 Å². The maximum atomic E-state index is 7.72. The SMILES string of the molecule is C.C.[2H]c1[c-]c(-c2cc(C)c([Si](C)(C)C)cn2)cc([2H])c1[2H].[2H]c1cc(-c2cc(C)c([Si](C)(C)C)cn2)cc([2H])c1[2H].[Ir]. The third-order valence-electron chi connectivity index (χ3n) is 5.56. The van der Waals surface area contributed by atoms with Crippen LogP contribution in [0.15, 0.2) is 79.0 Å². The molecule has 0 aliphatic heterocycles. The minimum atomic E-state index is -1.41. The maximum Gasteiger partial charge on any atom is 0.0799 e. The van der Waals surface area contributed by atoms with Crippen LogP contribution in [0.3, 0.4) is 0 Å². The molecule has 1 radical (unpaired) electrons. The molecule has 4 rings (SSSR count). The number of hydrogen-bond acceptors (Lipinski definition) is 2. The zero-order valence-corrected chi connectivity index (χ0v) is 26.2. The Bertz CT molecular complexity index is 1400. The molecule has 0 saturated carbocycles. The molecule has 4 aromatic rings. The summed E-state index contributed by atoms with van der Waals surface area (Å²) in [6.45, 7) is 17.9. The summed E-state index contributed by atoms with van der Waals surface area (Å²) >= 11 is 0. The second kappa shape index (κ2) is 14.7. The first-order valence-electron chi connectivity index (χ1n) is 14.4. The number of aromatic nitrogens is 2. The van der Waals surface area contributed by atoms with Crippen molar-refractivity contribution in [2.75, 3.05) is 0 Å². The van der Waals surface area contributed by atoms with E-state index in [0.717, 1.165) is 11.3 Å². The van der Waals surface area contributed by atoms with Gasteiger partial charge in [0.15, 0.2) is 0 Å². The third kappa shape index (κ3) is 9.57. The Morgan fingerprint density at radius 2 is 1.14 bits per heavy atom. The van der Waals surface area contributed by atoms with Crippen molar-refractivity contribution in [2.24, 2.45) is 0 Å². The van der Waals surface area contributed by atoms with Crippen LogP contribution in [0.1, 0.15) is 34.2 Å². The average Bonchev–Trinajstić information content (AvgIpc) is 2.84. The van der Waals surface area contributed by atoms with Crippen LogP contribution in [0.5, 0.6) is 0 Å². The Hall–Kier alpha value is -2.18. The van der Waals surface area contributed by atoms with Gasteiger partial charge in [0, 0.05) is 40.8 Å². The molecule has 2 aromatic heterocycles. The fraction of sp³-hybridized carbons (Fsp3) is 0.312. The number of hydrogen-bond donors (Lipinski definition) is 0. The van der Waals surface area contributed by atoms with Crippen molar-refractivity contribution >= 4 is 26.5 Å². The standard InChI is InChI=1S/C15H19NSi.C15H18NSi.2CH4.Ir/c2*1-12-10-14(13-8-6-5-7-9-13)16-11-15(12)17(2,3)4;;;/h5-11H,1-4H3;5-8,10-11H,1-4H3;2*1H4;/q;-1;;;/i2*5D,6D,7D;;;. The summed E-state index contributed by atoms with van der Waals surface area (Å²) in [5.41, 5.74) is 5.23. The Morgan fingerprint density at radius 3 is 1.59 bits per heavy atom. The summed E-state index contributed by atoms with van der Waals surface area (Å²) in [5, 5.41) is 2.64. The summed E-state index contributed by atoms with van der Waals surface area (Å²) in [6.07, 6.45) is 3.84. The van der Waals surface area contributed by atoms with Gasteiger partial charge in [-0.15, -0.1) is 35.8 Å². The molecule has 0 spiro atoms. The van der Waals surface area contributed by atoms with Crippen LogP contribution in [-0.2, 0) is 20.1 Å². The molecule has 0 aliphatic carbocycles. The topological polar surface area (TPSA) is 25.8 Å². The zero-order valence-electron chi connectivity index (χ0n) is 27.8. The molecule has 0 fully saturated rings. The number of nitrogens with zero attached hydrogens (tertiary/aromatic N) is 2. The molecule has 0 N–H and O–H groups in total. The average molecular weight is 712 g/mol. The van der Waals surface area contributed by atoms with Crippen LogP contribution in [0.2, 0.25) is 39.3 Å². The van der Waals surface area contributed by atoms with E-state index >= 15 is 0 Å². The van der Waals surface area contributed by atoms with Crippen molar-refractivity contribution in [3.05, 3.63) is 96.2 Å². The van der Waals surface area contributed by atoms with Crippen LogP contribution in [0.4, 0.5) is 0 Å². The van der Waals surface area contributed by atoms with Crippen molar-refractivity contribution in [3.63, 3.8) is 0 Å². The molecule has 0 unspecified atom stereocenters. The Kier molecular flexibility index (Phi) is 9.97. The van der Waals surface area contributed by atoms with E-state index in [1.807, 2.05) is 24.5 Å². The minimum absolute atomic E-state index is 0. The largest absolute Gasteiger partial charge is 0.305 e. The first-order chi connectivity index (χ1) is 18.4. The molecule has 2 aromatic carbocycles. The van der Waals surface area contributed by atoms with Gasteiger partial charge in [0.2, 0.25) is 0 Å². The van der Waals surface area contributed by atoms with Gasteiger partial charge in [-0.25, -0.2) is 0 Å². The van der Waals surface area contributed by atoms with Gasteiger partial charge in [0.1, 0.15) is 0 Å². The molecule has 0 aliphatic rings. The third-order valence-corrected chi connectivity index (χ3v) is 9.84. The van der Waals surface area contributed by atoms with Crippen LogP contribution in [0.25, 0.3) is 22.5 Å². The van der Waals surface area contributed by atoms with E-state index in [0.29, 0.717) is 11.3 Å². The molecular formula is C32H45IrN2Si2-. The quantitative estimate of drug-likeness (QED) is 0.157. The first kappa shape index (κ1) is 25.1. The van der Waals surface area contributed by atoms with Crippen molar-refractivity contribution in [3.8, 4) is 22.5 Å². The summed E-state index contributed by atoms with van der Waals surface area (Å²) in [6, 6.07) is 11.6. The van der Waals surface area contributed by atoms with Crippen LogP contribution >= 0.6 is 0 Å². The van der Waals surface area contributed by atoms with Gasteiger partial charge in [-0.3, -0.25) is 4.98 Å². The second-order valence-electron chi connectivity index (χ2n) is 10.5. The predicted molar refractivity (Wildman–Crippen MR) is 167 cm³/mol. The minimum Gasteiger partial charge on any atom is -0.305 e. The van der Waals surface area contributed by atoms with E-state index < -0.39 is 16.1 Å². The number of pyridine rings is 2. The van der Waals surface area contributed by atoms with Gasteiger partial charge in [-0.2, -0.15) is 0 Å². The van der Waals surface area contributed by atoms with Crippen LogP contribution in [0, 0.1) is 19.9 Å². The van der Waals surface area contributed by atoms with Crippen molar-refractivity contribution in [2.45, 2.75) is 68.0 Å². The predicted octanol–water partition coefficient (Wildman–Crippen LogP) is 8.27. The van der Waals surface area contributed by atoms with Gasteiger partial charge >= 0.3 is 0 Å². The van der Waals surface area contributed by atoms with E-state index in [9.17, 15) is 0 Å². The fourth-order valence-electron chi connectivity index (χ4n) is 3.86. The van der Waals surface area contributed by atoms with Gasteiger partial charge in [0.05, 0.1) is 26.0 Å². The van der Waals surface area contributed by atoms with Crippen molar-refractivity contribution < 1.29 is 28.3 Å². The van der Waals surface area contributed by atoms with E-state index in [4.69, 9.17) is 8.22 Å². The molecule has 0 atom stereocenters. The summed E-state index contributed by atoms with van der Waals surface area (Å²) in [5.74, 6) is 0. The number of aryl methyl sites for hydroxylation is 2. The summed E-state index contributed by atoms with van der Waals surface area (Å²) in [7, 11) is -2.81. The van der Waals surface area contributed by atoms with Gasteiger partial charge < -0.3 is 4.98 Å². The van der Waals surface area contributed by atoms with Crippen LogP contribution < -0.4 is 10.4 Å². The molecule has 5 heteroatoms. The Balaban J connectivity index is 0.000000767. The monoisotopic (exact) mass is 712 g/mol. The van der Waals surface area contributed by atoms with Crippen LogP contribution in [-0.4, -0.2) is 26.1 Å².